The van der Waals surface area contributed by atoms with Crippen LogP contribution in [0.4, 0.5) is 17.1 Å². The molecule has 0 N–H and O–H groups in total. The lowest BCUT2D eigenvalue weighted by Gasteiger charge is -2.29. The van der Waals surface area contributed by atoms with Crippen LogP contribution in [0.3, 0.4) is 0 Å². The molecule has 292 valence electrons. The molecule has 2 heteroatoms. The van der Waals surface area contributed by atoms with Crippen molar-refractivity contribution < 1.29 is 4.42 Å². The van der Waals surface area contributed by atoms with Crippen molar-refractivity contribution in [2.75, 3.05) is 4.90 Å². The van der Waals surface area contributed by atoms with E-state index in [-0.39, 0.29) is 10.8 Å². The summed E-state index contributed by atoms with van der Waals surface area (Å²) in [5.74, 6) is 0. The van der Waals surface area contributed by atoms with E-state index in [1.165, 1.54) is 54.9 Å². The van der Waals surface area contributed by atoms with Crippen molar-refractivity contribution in [3.63, 3.8) is 0 Å². The molecule has 0 radical (unpaired) electrons. The molecule has 0 atom stereocenters. The average molecular weight is 776 g/mol. The van der Waals surface area contributed by atoms with Crippen LogP contribution in [-0.2, 0) is 10.8 Å². The summed E-state index contributed by atoms with van der Waals surface area (Å²) in [4.78, 5) is 2.43. The lowest BCUT2D eigenvalue weighted by Crippen LogP contribution is -2.16. The largest absolute Gasteiger partial charge is 0.456 e. The van der Waals surface area contributed by atoms with Crippen LogP contribution >= 0.6 is 0 Å². The van der Waals surface area contributed by atoms with Crippen LogP contribution < -0.4 is 4.90 Å². The zero-order valence-corrected chi connectivity index (χ0v) is 35.3. The summed E-state index contributed by atoms with van der Waals surface area (Å²) in [5.41, 5.74) is 15.0. The standard InChI is InChI=1S/C58H49NO/c1-57(2,3)43-34-42(35-44(37-43)58(4,5)6)48-22-13-18-40-19-14-24-50(55(40)48)49-20-9-11-25-52(49)59(46-33-28-38-16-7-8-17-41(38)36-46)45-31-29-39(30-32-45)47-23-15-27-54-56(47)51-21-10-12-26-53(51)60-54/h7-37H,1-6H3. The first kappa shape index (κ1) is 37.4. The maximum absolute atomic E-state index is 6.28. The second-order valence-electron chi connectivity index (χ2n) is 18.2. The summed E-state index contributed by atoms with van der Waals surface area (Å²) >= 11 is 0. The molecule has 0 aliphatic heterocycles. The summed E-state index contributed by atoms with van der Waals surface area (Å²) in [5, 5.41) is 7.18. The number of rotatable bonds is 6. The van der Waals surface area contributed by atoms with Gasteiger partial charge in [0.05, 0.1) is 5.69 Å². The summed E-state index contributed by atoms with van der Waals surface area (Å²) in [6.07, 6.45) is 0. The highest BCUT2D eigenvalue weighted by Crippen LogP contribution is 2.47. The zero-order chi connectivity index (χ0) is 41.2. The van der Waals surface area contributed by atoms with E-state index in [0.29, 0.717) is 0 Å². The van der Waals surface area contributed by atoms with Crippen LogP contribution in [0.1, 0.15) is 52.7 Å². The predicted molar refractivity (Wildman–Crippen MR) is 257 cm³/mol. The van der Waals surface area contributed by atoms with Crippen molar-refractivity contribution in [1.82, 2.24) is 0 Å². The Labute approximate surface area is 353 Å². The number of benzene rings is 9. The van der Waals surface area contributed by atoms with E-state index in [4.69, 9.17) is 4.42 Å². The lowest BCUT2D eigenvalue weighted by molar-refractivity contribution is 0.569. The summed E-state index contributed by atoms with van der Waals surface area (Å²) in [6.45, 7) is 13.9. The molecule has 1 aromatic heterocycles. The van der Waals surface area contributed by atoms with E-state index in [1.54, 1.807) is 0 Å². The Bertz CT molecular complexity index is 3190. The second kappa shape index (κ2) is 14.4. The first-order valence-electron chi connectivity index (χ1n) is 21.1. The number of furan rings is 1. The van der Waals surface area contributed by atoms with E-state index in [2.05, 4.69) is 222 Å². The summed E-state index contributed by atoms with van der Waals surface area (Å²) in [6, 6.07) is 68.9. The van der Waals surface area contributed by atoms with E-state index < -0.39 is 0 Å². The minimum atomic E-state index is 0.00472. The molecule has 1 heterocycles. The first-order chi connectivity index (χ1) is 29.0. The van der Waals surface area contributed by atoms with Crippen molar-refractivity contribution in [1.29, 1.82) is 0 Å². The highest BCUT2D eigenvalue weighted by molar-refractivity contribution is 6.13. The van der Waals surface area contributed by atoms with Crippen molar-refractivity contribution in [3.05, 3.63) is 199 Å². The zero-order valence-electron chi connectivity index (χ0n) is 35.3. The van der Waals surface area contributed by atoms with Gasteiger partial charge >= 0.3 is 0 Å². The summed E-state index contributed by atoms with van der Waals surface area (Å²) < 4.78 is 6.28. The molecule has 0 fully saturated rings. The highest BCUT2D eigenvalue weighted by atomic mass is 16.3. The van der Waals surface area contributed by atoms with Gasteiger partial charge in [0.15, 0.2) is 0 Å². The molecule has 10 aromatic rings. The topological polar surface area (TPSA) is 16.4 Å². The molecule has 2 nitrogen and oxygen atoms in total. The van der Waals surface area contributed by atoms with Crippen LogP contribution in [-0.4, -0.2) is 0 Å². The van der Waals surface area contributed by atoms with Gasteiger partial charge in [-0.05, 0) is 114 Å². The normalized spacial score (nSPS) is 12.2. The molecule has 60 heavy (non-hydrogen) atoms. The van der Waals surface area contributed by atoms with Gasteiger partial charge in [-0.2, -0.15) is 0 Å². The molecular formula is C58H49NO. The Morgan fingerprint density at radius 2 is 0.917 bits per heavy atom. The Morgan fingerprint density at radius 3 is 1.65 bits per heavy atom. The molecule has 9 aromatic carbocycles. The molecule has 0 aliphatic rings. The summed E-state index contributed by atoms with van der Waals surface area (Å²) in [7, 11) is 0. The number of para-hydroxylation sites is 2. The van der Waals surface area contributed by atoms with Gasteiger partial charge < -0.3 is 9.32 Å². The van der Waals surface area contributed by atoms with Crippen molar-refractivity contribution in [2.24, 2.45) is 0 Å². The van der Waals surface area contributed by atoms with Crippen molar-refractivity contribution >= 4 is 60.5 Å². The molecule has 0 saturated carbocycles. The monoisotopic (exact) mass is 775 g/mol. The van der Waals surface area contributed by atoms with E-state index in [0.717, 1.165) is 50.1 Å². The number of anilines is 3. The molecule has 0 bridgehead atoms. The number of hydrogen-bond donors (Lipinski definition) is 0. The predicted octanol–water partition coefficient (Wildman–Crippen LogP) is 17.0. The maximum atomic E-state index is 6.28. The van der Waals surface area contributed by atoms with E-state index in [1.807, 2.05) is 12.1 Å². The molecule has 0 unspecified atom stereocenters. The molecule has 0 amide bonds. The van der Waals surface area contributed by atoms with E-state index in [9.17, 15) is 0 Å². The Balaban J connectivity index is 1.18. The molecule has 0 saturated heterocycles. The minimum absolute atomic E-state index is 0.00472. The van der Waals surface area contributed by atoms with Gasteiger partial charge in [0.25, 0.3) is 0 Å². The van der Waals surface area contributed by atoms with Gasteiger partial charge in [-0.1, -0.05) is 187 Å². The van der Waals surface area contributed by atoms with Crippen LogP contribution in [0.5, 0.6) is 0 Å². The molecule has 10 rings (SSSR count). The van der Waals surface area contributed by atoms with Crippen molar-refractivity contribution in [2.45, 2.75) is 52.4 Å². The number of hydrogen-bond acceptors (Lipinski definition) is 2. The SMILES string of the molecule is CC(C)(C)c1cc(-c2cccc3cccc(-c4ccccc4N(c4ccc(-c5cccc6oc7ccccc7c56)cc4)c4ccc5ccccc5c4)c23)cc(C(C)(C)C)c1. The van der Waals surface area contributed by atoms with Crippen LogP contribution in [0, 0.1) is 0 Å². The van der Waals surface area contributed by atoms with Crippen LogP contribution in [0.2, 0.25) is 0 Å². The van der Waals surface area contributed by atoms with Gasteiger partial charge in [-0.15, -0.1) is 0 Å². The highest BCUT2D eigenvalue weighted by Gasteiger charge is 2.24. The molecule has 0 aliphatic carbocycles. The third-order valence-electron chi connectivity index (χ3n) is 12.1. The second-order valence-corrected chi connectivity index (χ2v) is 18.2. The molecular weight excluding hydrogens is 727 g/mol. The van der Waals surface area contributed by atoms with Crippen LogP contribution in [0.15, 0.2) is 192 Å². The fraction of sp³-hybridized carbons (Fsp3) is 0.138. The Hall–Kier alpha value is -6.90. The maximum Gasteiger partial charge on any atom is 0.136 e. The lowest BCUT2D eigenvalue weighted by atomic mass is 9.78. The number of nitrogens with zero attached hydrogens (tertiary/aromatic N) is 1. The minimum Gasteiger partial charge on any atom is -0.456 e. The Morgan fingerprint density at radius 1 is 0.367 bits per heavy atom. The van der Waals surface area contributed by atoms with Crippen LogP contribution in [0.25, 0.3) is 76.9 Å². The van der Waals surface area contributed by atoms with Crippen molar-refractivity contribution in [3.8, 4) is 33.4 Å². The smallest absolute Gasteiger partial charge is 0.136 e. The quantitative estimate of drug-likeness (QED) is 0.167. The van der Waals surface area contributed by atoms with E-state index >= 15 is 0 Å². The fourth-order valence-electron chi connectivity index (χ4n) is 8.90. The fourth-order valence-corrected chi connectivity index (χ4v) is 8.90. The third kappa shape index (κ3) is 6.63. The van der Waals surface area contributed by atoms with Gasteiger partial charge in [-0.25, -0.2) is 0 Å². The van der Waals surface area contributed by atoms with Gasteiger partial charge in [0.2, 0.25) is 0 Å². The first-order valence-corrected chi connectivity index (χ1v) is 21.1. The average Bonchev–Trinajstić information content (AvgIpc) is 3.65. The van der Waals surface area contributed by atoms with Gasteiger partial charge in [0.1, 0.15) is 11.2 Å². The number of fused-ring (bicyclic) bond motifs is 5. The van der Waals surface area contributed by atoms with Gasteiger partial charge in [-0.3, -0.25) is 0 Å². The molecule has 0 spiro atoms. The van der Waals surface area contributed by atoms with Gasteiger partial charge in [0, 0.05) is 27.7 Å². The third-order valence-corrected chi connectivity index (χ3v) is 12.1. The Kier molecular flexibility index (Phi) is 8.99.